The summed E-state index contributed by atoms with van der Waals surface area (Å²) in [5.74, 6) is 1.35. The minimum absolute atomic E-state index is 0.129. The second kappa shape index (κ2) is 10.1. The Morgan fingerprint density at radius 1 is 0.867 bits per heavy atom. The molecule has 0 unspecified atom stereocenters. The van der Waals surface area contributed by atoms with Crippen molar-refractivity contribution in [2.75, 3.05) is 20.7 Å². The molecule has 0 aliphatic carbocycles. The lowest BCUT2D eigenvalue weighted by atomic mass is 10.1. The van der Waals surface area contributed by atoms with Gasteiger partial charge in [-0.3, -0.25) is 9.59 Å². The topological polar surface area (TPSA) is 67.9 Å². The number of hydrogen-bond acceptors (Lipinski definition) is 4. The molecular weight excluding hydrogens is 380 g/mol. The predicted octanol–water partition coefficient (Wildman–Crippen LogP) is 3.88. The predicted molar refractivity (Wildman–Crippen MR) is 115 cm³/mol. The van der Waals surface area contributed by atoms with Gasteiger partial charge in [0.15, 0.2) is 6.61 Å². The molecule has 154 valence electrons. The highest BCUT2D eigenvalue weighted by Crippen LogP contribution is 2.22. The van der Waals surface area contributed by atoms with Crippen LogP contribution in [0.2, 0.25) is 0 Å². The standard InChI is InChI=1S/C24H24N2O4/c1-26(2)23(27)17-29-22-14-7-6-13-21(22)24(28)25-16-18-9-8-12-20(15-18)30-19-10-4-3-5-11-19/h3-15H,16-17H2,1-2H3,(H,25,28). The summed E-state index contributed by atoms with van der Waals surface area (Å²) in [6.07, 6.45) is 0. The van der Waals surface area contributed by atoms with Gasteiger partial charge in [-0.2, -0.15) is 0 Å². The second-order valence-electron chi connectivity index (χ2n) is 6.82. The molecule has 3 aromatic carbocycles. The molecular formula is C24H24N2O4. The molecule has 0 aliphatic heterocycles. The van der Waals surface area contributed by atoms with Crippen LogP contribution in [0.3, 0.4) is 0 Å². The number of carbonyl (C=O) groups is 2. The molecule has 0 aromatic heterocycles. The number of benzene rings is 3. The van der Waals surface area contributed by atoms with Gasteiger partial charge in [0.25, 0.3) is 11.8 Å². The number of hydrogen-bond donors (Lipinski definition) is 1. The molecule has 0 fully saturated rings. The molecule has 0 spiro atoms. The third kappa shape index (κ3) is 5.85. The molecule has 0 saturated carbocycles. The average molecular weight is 404 g/mol. The zero-order valence-corrected chi connectivity index (χ0v) is 17.0. The van der Waals surface area contributed by atoms with Crippen LogP contribution in [0.4, 0.5) is 0 Å². The Labute approximate surface area is 176 Å². The Morgan fingerprint density at radius 2 is 1.57 bits per heavy atom. The molecule has 0 radical (unpaired) electrons. The van der Waals surface area contributed by atoms with Crippen molar-refractivity contribution in [1.82, 2.24) is 10.2 Å². The van der Waals surface area contributed by atoms with Gasteiger partial charge in [-0.15, -0.1) is 0 Å². The quantitative estimate of drug-likeness (QED) is 0.619. The van der Waals surface area contributed by atoms with E-state index in [9.17, 15) is 9.59 Å². The maximum Gasteiger partial charge on any atom is 0.259 e. The molecule has 0 bridgehead atoms. The van der Waals surface area contributed by atoms with Gasteiger partial charge in [-0.1, -0.05) is 42.5 Å². The van der Waals surface area contributed by atoms with E-state index in [1.165, 1.54) is 4.90 Å². The van der Waals surface area contributed by atoms with Gasteiger partial charge in [0.05, 0.1) is 5.56 Å². The molecule has 0 aliphatic rings. The molecule has 0 atom stereocenters. The van der Waals surface area contributed by atoms with Crippen LogP contribution in [-0.2, 0) is 11.3 Å². The van der Waals surface area contributed by atoms with Gasteiger partial charge in [-0.25, -0.2) is 0 Å². The smallest absolute Gasteiger partial charge is 0.259 e. The van der Waals surface area contributed by atoms with Gasteiger partial charge in [-0.05, 0) is 42.0 Å². The van der Waals surface area contributed by atoms with Crippen molar-refractivity contribution in [2.24, 2.45) is 0 Å². The van der Waals surface area contributed by atoms with Gasteiger partial charge in [0.2, 0.25) is 0 Å². The van der Waals surface area contributed by atoms with E-state index in [1.54, 1.807) is 38.4 Å². The average Bonchev–Trinajstić information content (AvgIpc) is 2.77. The van der Waals surface area contributed by atoms with E-state index in [4.69, 9.17) is 9.47 Å². The van der Waals surface area contributed by atoms with Crippen LogP contribution in [0.1, 0.15) is 15.9 Å². The monoisotopic (exact) mass is 404 g/mol. The van der Waals surface area contributed by atoms with Crippen LogP contribution < -0.4 is 14.8 Å². The lowest BCUT2D eigenvalue weighted by Crippen LogP contribution is -2.28. The summed E-state index contributed by atoms with van der Waals surface area (Å²) in [5, 5.41) is 2.89. The van der Waals surface area contributed by atoms with Crippen molar-refractivity contribution in [3.05, 3.63) is 90.0 Å². The maximum atomic E-state index is 12.7. The first-order valence-electron chi connectivity index (χ1n) is 9.55. The van der Waals surface area contributed by atoms with Crippen LogP contribution >= 0.6 is 0 Å². The summed E-state index contributed by atoms with van der Waals surface area (Å²) >= 11 is 0. The Balaban J connectivity index is 1.62. The number of para-hydroxylation sites is 2. The van der Waals surface area contributed by atoms with Gasteiger partial charge in [0, 0.05) is 20.6 Å². The molecule has 0 saturated heterocycles. The molecule has 6 heteroatoms. The first-order chi connectivity index (χ1) is 14.5. The Kier molecular flexibility index (Phi) is 7.05. The highest BCUT2D eigenvalue weighted by Gasteiger charge is 2.14. The number of rotatable bonds is 8. The van der Waals surface area contributed by atoms with Crippen LogP contribution in [0, 0.1) is 0 Å². The fourth-order valence-corrected chi connectivity index (χ4v) is 2.67. The highest BCUT2D eigenvalue weighted by molar-refractivity contribution is 5.97. The molecule has 1 N–H and O–H groups in total. The van der Waals surface area contributed by atoms with E-state index in [0.29, 0.717) is 23.6 Å². The molecule has 2 amide bonds. The van der Waals surface area contributed by atoms with E-state index in [1.807, 2.05) is 54.6 Å². The molecule has 3 aromatic rings. The maximum absolute atomic E-state index is 12.7. The number of carbonyl (C=O) groups excluding carboxylic acids is 2. The van der Waals surface area contributed by atoms with Crippen LogP contribution in [0.5, 0.6) is 17.2 Å². The fraction of sp³-hybridized carbons (Fsp3) is 0.167. The van der Waals surface area contributed by atoms with Gasteiger partial charge in [0.1, 0.15) is 17.2 Å². The second-order valence-corrected chi connectivity index (χ2v) is 6.82. The number of amides is 2. The lowest BCUT2D eigenvalue weighted by molar-refractivity contribution is -0.130. The number of nitrogens with zero attached hydrogens (tertiary/aromatic N) is 1. The molecule has 6 nitrogen and oxygen atoms in total. The minimum Gasteiger partial charge on any atom is -0.483 e. The van der Waals surface area contributed by atoms with E-state index < -0.39 is 0 Å². The Hall–Kier alpha value is -3.80. The molecule has 3 rings (SSSR count). The van der Waals surface area contributed by atoms with Crippen LogP contribution in [0.25, 0.3) is 0 Å². The summed E-state index contributed by atoms with van der Waals surface area (Å²) in [6.45, 7) is 0.200. The lowest BCUT2D eigenvalue weighted by Gasteiger charge is -2.14. The first-order valence-corrected chi connectivity index (χ1v) is 9.55. The summed E-state index contributed by atoms with van der Waals surface area (Å²) in [6, 6.07) is 23.9. The number of ether oxygens (including phenoxy) is 2. The van der Waals surface area contributed by atoms with Gasteiger partial charge < -0.3 is 19.7 Å². The fourth-order valence-electron chi connectivity index (χ4n) is 2.67. The third-order valence-electron chi connectivity index (χ3n) is 4.31. The normalized spacial score (nSPS) is 10.2. The third-order valence-corrected chi connectivity index (χ3v) is 4.31. The minimum atomic E-state index is -0.280. The zero-order chi connectivity index (χ0) is 21.3. The van der Waals surface area contributed by atoms with Crippen molar-refractivity contribution >= 4 is 11.8 Å². The van der Waals surface area contributed by atoms with E-state index in [-0.39, 0.29) is 18.4 Å². The summed E-state index contributed by atoms with van der Waals surface area (Å²) in [5.41, 5.74) is 1.28. The SMILES string of the molecule is CN(C)C(=O)COc1ccccc1C(=O)NCc1cccc(Oc2ccccc2)c1. The van der Waals surface area contributed by atoms with Crippen molar-refractivity contribution < 1.29 is 19.1 Å². The number of likely N-dealkylation sites (N-methyl/N-ethyl adjacent to an activating group) is 1. The first kappa shape index (κ1) is 20.9. The van der Waals surface area contributed by atoms with E-state index in [0.717, 1.165) is 11.3 Å². The van der Waals surface area contributed by atoms with Crippen molar-refractivity contribution in [1.29, 1.82) is 0 Å². The Bertz CT molecular complexity index is 1000. The van der Waals surface area contributed by atoms with E-state index in [2.05, 4.69) is 5.32 Å². The number of nitrogens with one attached hydrogen (secondary N) is 1. The van der Waals surface area contributed by atoms with Crippen LogP contribution in [-0.4, -0.2) is 37.4 Å². The summed E-state index contributed by atoms with van der Waals surface area (Å²) in [4.78, 5) is 25.9. The van der Waals surface area contributed by atoms with Crippen molar-refractivity contribution in [3.63, 3.8) is 0 Å². The summed E-state index contributed by atoms with van der Waals surface area (Å²) < 4.78 is 11.4. The highest BCUT2D eigenvalue weighted by atomic mass is 16.5. The van der Waals surface area contributed by atoms with E-state index >= 15 is 0 Å². The van der Waals surface area contributed by atoms with Gasteiger partial charge >= 0.3 is 0 Å². The largest absolute Gasteiger partial charge is 0.483 e. The van der Waals surface area contributed by atoms with Crippen molar-refractivity contribution in [3.8, 4) is 17.2 Å². The summed E-state index contributed by atoms with van der Waals surface area (Å²) in [7, 11) is 3.31. The van der Waals surface area contributed by atoms with Crippen LogP contribution in [0.15, 0.2) is 78.9 Å². The zero-order valence-electron chi connectivity index (χ0n) is 17.0. The molecule has 30 heavy (non-hydrogen) atoms. The molecule has 0 heterocycles. The Morgan fingerprint density at radius 3 is 2.33 bits per heavy atom. The van der Waals surface area contributed by atoms with Crippen molar-refractivity contribution in [2.45, 2.75) is 6.54 Å².